The van der Waals surface area contributed by atoms with Gasteiger partial charge in [0.15, 0.2) is 0 Å². The van der Waals surface area contributed by atoms with E-state index in [1.807, 2.05) is 0 Å². The highest BCUT2D eigenvalue weighted by atomic mass is 16.5. The molecular weight excluding hydrogens is 248 g/mol. The van der Waals surface area contributed by atoms with Crippen molar-refractivity contribution < 1.29 is 9.84 Å². The Kier molecular flexibility index (Phi) is 3.01. The molecule has 0 saturated carbocycles. The fraction of sp³-hybridized carbons (Fsp3) is 0.444. The van der Waals surface area contributed by atoms with Crippen molar-refractivity contribution in [3.8, 4) is 0 Å². The van der Waals surface area contributed by atoms with E-state index in [0.29, 0.717) is 0 Å². The van der Waals surface area contributed by atoms with Crippen molar-refractivity contribution in [2.75, 3.05) is 6.61 Å². The van der Waals surface area contributed by atoms with E-state index in [0.717, 1.165) is 44.3 Å². The van der Waals surface area contributed by atoms with Crippen LogP contribution in [0.25, 0.3) is 10.8 Å². The summed E-state index contributed by atoms with van der Waals surface area (Å²) in [6.45, 7) is 0.848. The normalized spacial score (nSPS) is 22.6. The summed E-state index contributed by atoms with van der Waals surface area (Å²) in [4.78, 5) is 0. The number of aliphatic hydroxyl groups is 1. The molecule has 2 unspecified atom stereocenters. The number of hydrogen-bond acceptors (Lipinski definition) is 2. The Hall–Kier alpha value is -1.38. The van der Waals surface area contributed by atoms with E-state index in [-0.39, 0.29) is 6.10 Å². The van der Waals surface area contributed by atoms with Crippen LogP contribution < -0.4 is 0 Å². The van der Waals surface area contributed by atoms with Crippen LogP contribution >= 0.6 is 0 Å². The largest absolute Gasteiger partial charge is 0.388 e. The van der Waals surface area contributed by atoms with Crippen molar-refractivity contribution in [3.05, 3.63) is 47.0 Å². The second kappa shape index (κ2) is 4.87. The van der Waals surface area contributed by atoms with Gasteiger partial charge in [0.05, 0.1) is 12.2 Å². The van der Waals surface area contributed by atoms with Crippen LogP contribution in [-0.4, -0.2) is 17.8 Å². The van der Waals surface area contributed by atoms with Crippen LogP contribution in [-0.2, 0) is 17.6 Å². The third-order valence-corrected chi connectivity index (χ3v) is 4.78. The molecule has 1 aliphatic carbocycles. The summed E-state index contributed by atoms with van der Waals surface area (Å²) in [5, 5.41) is 13.2. The van der Waals surface area contributed by atoms with Gasteiger partial charge in [-0.2, -0.15) is 0 Å². The SMILES string of the molecule is OC(CC1CCCO1)c1ccc2c3c(cccc13)CC2. The monoisotopic (exact) mass is 268 g/mol. The van der Waals surface area contributed by atoms with Gasteiger partial charge in [-0.15, -0.1) is 0 Å². The van der Waals surface area contributed by atoms with Crippen LogP contribution in [0, 0.1) is 0 Å². The molecule has 2 aliphatic rings. The lowest BCUT2D eigenvalue weighted by molar-refractivity contribution is 0.0540. The van der Waals surface area contributed by atoms with Gasteiger partial charge in [0.2, 0.25) is 0 Å². The van der Waals surface area contributed by atoms with Crippen molar-refractivity contribution in [2.45, 2.75) is 44.3 Å². The van der Waals surface area contributed by atoms with Crippen LogP contribution in [0.2, 0.25) is 0 Å². The second-order valence-electron chi connectivity index (χ2n) is 6.04. The maximum Gasteiger partial charge on any atom is 0.0820 e. The Morgan fingerprint density at radius 2 is 2.00 bits per heavy atom. The summed E-state index contributed by atoms with van der Waals surface area (Å²) < 4.78 is 5.66. The van der Waals surface area contributed by atoms with Gasteiger partial charge in [0.25, 0.3) is 0 Å². The lowest BCUT2D eigenvalue weighted by Crippen LogP contribution is -2.11. The van der Waals surface area contributed by atoms with Crippen LogP contribution in [0.4, 0.5) is 0 Å². The third-order valence-electron chi connectivity index (χ3n) is 4.78. The van der Waals surface area contributed by atoms with Crippen LogP contribution in [0.3, 0.4) is 0 Å². The van der Waals surface area contributed by atoms with Gasteiger partial charge in [-0.25, -0.2) is 0 Å². The van der Waals surface area contributed by atoms with E-state index in [1.54, 1.807) is 0 Å². The highest BCUT2D eigenvalue weighted by molar-refractivity contribution is 5.93. The van der Waals surface area contributed by atoms with Gasteiger partial charge in [-0.05, 0) is 53.1 Å². The lowest BCUT2D eigenvalue weighted by atomic mass is 9.94. The summed E-state index contributed by atoms with van der Waals surface area (Å²) in [7, 11) is 0. The zero-order chi connectivity index (χ0) is 13.5. The topological polar surface area (TPSA) is 29.5 Å². The number of hydrogen-bond donors (Lipinski definition) is 1. The summed E-state index contributed by atoms with van der Waals surface area (Å²) in [6, 6.07) is 10.8. The molecule has 1 heterocycles. The molecule has 0 radical (unpaired) electrons. The molecule has 0 spiro atoms. The van der Waals surface area contributed by atoms with E-state index in [9.17, 15) is 5.11 Å². The summed E-state index contributed by atoms with van der Waals surface area (Å²) in [5.74, 6) is 0. The molecule has 0 amide bonds. The smallest absolute Gasteiger partial charge is 0.0820 e. The molecule has 104 valence electrons. The van der Waals surface area contributed by atoms with Crippen LogP contribution in [0.1, 0.15) is 42.1 Å². The standard InChI is InChI=1S/C18H20O2/c19-17(11-14-4-2-10-20-14)15-9-8-13-7-6-12-3-1-5-16(15)18(12)13/h1,3,5,8-9,14,17,19H,2,4,6-7,10-11H2. The molecule has 1 aliphatic heterocycles. The van der Waals surface area contributed by atoms with E-state index in [1.165, 1.54) is 21.9 Å². The Balaban J connectivity index is 1.73. The van der Waals surface area contributed by atoms with Gasteiger partial charge in [-0.1, -0.05) is 30.3 Å². The Bertz CT molecular complexity index is 631. The molecule has 2 atom stereocenters. The van der Waals surface area contributed by atoms with Crippen molar-refractivity contribution in [3.63, 3.8) is 0 Å². The highest BCUT2D eigenvalue weighted by Gasteiger charge is 2.23. The predicted molar refractivity (Wildman–Crippen MR) is 79.9 cm³/mol. The van der Waals surface area contributed by atoms with Gasteiger partial charge in [0.1, 0.15) is 0 Å². The number of benzene rings is 2. The Morgan fingerprint density at radius 1 is 1.15 bits per heavy atom. The Morgan fingerprint density at radius 3 is 2.80 bits per heavy atom. The van der Waals surface area contributed by atoms with Crippen LogP contribution in [0.5, 0.6) is 0 Å². The van der Waals surface area contributed by atoms with Crippen molar-refractivity contribution >= 4 is 10.8 Å². The minimum atomic E-state index is -0.414. The van der Waals surface area contributed by atoms with Gasteiger partial charge in [-0.3, -0.25) is 0 Å². The van der Waals surface area contributed by atoms with Crippen LogP contribution in [0.15, 0.2) is 30.3 Å². The average Bonchev–Trinajstić information content (AvgIpc) is 3.10. The number of aliphatic hydroxyl groups excluding tert-OH is 1. The Labute approximate surface area is 119 Å². The second-order valence-corrected chi connectivity index (χ2v) is 6.04. The first kappa shape index (κ1) is 12.4. The minimum Gasteiger partial charge on any atom is -0.388 e. The number of rotatable bonds is 3. The third kappa shape index (κ3) is 1.95. The molecule has 20 heavy (non-hydrogen) atoms. The van der Waals surface area contributed by atoms with Gasteiger partial charge < -0.3 is 9.84 Å². The summed E-state index contributed by atoms with van der Waals surface area (Å²) >= 11 is 0. The molecule has 1 N–H and O–H groups in total. The number of aryl methyl sites for hydroxylation is 2. The molecule has 1 saturated heterocycles. The minimum absolute atomic E-state index is 0.230. The summed E-state index contributed by atoms with van der Waals surface area (Å²) in [5.41, 5.74) is 3.94. The zero-order valence-corrected chi connectivity index (χ0v) is 11.6. The quantitative estimate of drug-likeness (QED) is 0.922. The zero-order valence-electron chi connectivity index (χ0n) is 11.6. The van der Waals surface area contributed by atoms with Crippen molar-refractivity contribution in [1.82, 2.24) is 0 Å². The van der Waals surface area contributed by atoms with Gasteiger partial charge >= 0.3 is 0 Å². The maximum atomic E-state index is 10.6. The molecule has 2 aromatic carbocycles. The highest BCUT2D eigenvalue weighted by Crippen LogP contribution is 2.36. The molecule has 0 aromatic heterocycles. The fourth-order valence-electron chi connectivity index (χ4n) is 3.77. The predicted octanol–water partition coefficient (Wildman–Crippen LogP) is 3.54. The molecule has 2 aromatic rings. The van der Waals surface area contributed by atoms with Crippen molar-refractivity contribution in [2.24, 2.45) is 0 Å². The lowest BCUT2D eigenvalue weighted by Gasteiger charge is -2.18. The first-order chi connectivity index (χ1) is 9.83. The fourth-order valence-corrected chi connectivity index (χ4v) is 3.77. The maximum absolute atomic E-state index is 10.6. The average molecular weight is 268 g/mol. The molecule has 4 rings (SSSR count). The molecular formula is C18H20O2. The molecule has 2 nitrogen and oxygen atoms in total. The van der Waals surface area contributed by atoms with Crippen molar-refractivity contribution in [1.29, 1.82) is 0 Å². The molecule has 1 fully saturated rings. The molecule has 0 bridgehead atoms. The van der Waals surface area contributed by atoms with E-state index in [4.69, 9.17) is 4.74 Å². The number of ether oxygens (including phenoxy) is 1. The van der Waals surface area contributed by atoms with E-state index < -0.39 is 6.10 Å². The first-order valence-electron chi connectivity index (χ1n) is 7.66. The molecule has 2 heteroatoms. The van der Waals surface area contributed by atoms with E-state index in [2.05, 4.69) is 30.3 Å². The summed E-state index contributed by atoms with van der Waals surface area (Å²) in [6.07, 6.45) is 5.02. The van der Waals surface area contributed by atoms with Gasteiger partial charge in [0, 0.05) is 13.0 Å². The first-order valence-corrected chi connectivity index (χ1v) is 7.66. The van der Waals surface area contributed by atoms with E-state index >= 15 is 0 Å².